The van der Waals surface area contributed by atoms with E-state index in [1.807, 2.05) is 12.1 Å². The van der Waals surface area contributed by atoms with Crippen molar-refractivity contribution in [3.8, 4) is 0 Å². The predicted octanol–water partition coefficient (Wildman–Crippen LogP) is 3.79. The minimum absolute atomic E-state index is 0.0707. The quantitative estimate of drug-likeness (QED) is 0.828. The number of carbonyl (C=O) groups is 1. The molecule has 2 atom stereocenters. The summed E-state index contributed by atoms with van der Waals surface area (Å²) in [6, 6.07) is 6.29. The normalized spacial score (nSPS) is 19.1. The average molecular weight is 274 g/mol. The molecule has 20 heavy (non-hydrogen) atoms. The summed E-state index contributed by atoms with van der Waals surface area (Å²) < 4.78 is 0. The van der Waals surface area contributed by atoms with Crippen LogP contribution in [0.4, 0.5) is 5.69 Å². The molecule has 1 aromatic rings. The zero-order valence-electron chi connectivity index (χ0n) is 13.0. The zero-order valence-corrected chi connectivity index (χ0v) is 13.0. The van der Waals surface area contributed by atoms with Crippen molar-refractivity contribution >= 4 is 11.6 Å². The number of aryl methyl sites for hydroxylation is 1. The van der Waals surface area contributed by atoms with Gasteiger partial charge in [0.1, 0.15) is 6.04 Å². The lowest BCUT2D eigenvalue weighted by molar-refractivity contribution is -0.117. The molecule has 0 radical (unpaired) electrons. The van der Waals surface area contributed by atoms with Crippen molar-refractivity contribution in [3.63, 3.8) is 0 Å². The fourth-order valence-corrected chi connectivity index (χ4v) is 2.75. The van der Waals surface area contributed by atoms with Gasteiger partial charge in [-0.05, 0) is 32.3 Å². The van der Waals surface area contributed by atoms with E-state index in [0.717, 1.165) is 23.6 Å². The molecule has 2 rings (SSSR count). The maximum Gasteiger partial charge on any atom is 0.246 e. The molecule has 0 aromatic heterocycles. The first-order valence-electron chi connectivity index (χ1n) is 7.65. The van der Waals surface area contributed by atoms with Crippen molar-refractivity contribution in [3.05, 3.63) is 29.3 Å². The van der Waals surface area contributed by atoms with Crippen LogP contribution in [-0.4, -0.2) is 11.9 Å². The summed E-state index contributed by atoms with van der Waals surface area (Å²) in [4.78, 5) is 12.1. The Morgan fingerprint density at radius 2 is 2.00 bits per heavy atom. The van der Waals surface area contributed by atoms with E-state index in [1.54, 1.807) is 0 Å². The molecule has 1 aliphatic rings. The van der Waals surface area contributed by atoms with E-state index in [2.05, 4.69) is 44.4 Å². The number of nitrogens with one attached hydrogen (secondary N) is 2. The number of hydrogen-bond acceptors (Lipinski definition) is 2. The third-order valence-electron chi connectivity index (χ3n) is 3.91. The van der Waals surface area contributed by atoms with Gasteiger partial charge in [0.2, 0.25) is 5.91 Å². The summed E-state index contributed by atoms with van der Waals surface area (Å²) in [5, 5.41) is 6.43. The fourth-order valence-electron chi connectivity index (χ4n) is 2.75. The monoisotopic (exact) mass is 274 g/mol. The second kappa shape index (κ2) is 6.40. The fraction of sp³-hybridized carbons (Fsp3) is 0.588. The highest BCUT2D eigenvalue weighted by atomic mass is 16.2. The molecule has 110 valence electrons. The highest BCUT2D eigenvalue weighted by molar-refractivity contribution is 6.02. The molecule has 0 aliphatic carbocycles. The number of anilines is 1. The second-order valence-electron chi connectivity index (χ2n) is 6.41. The van der Waals surface area contributed by atoms with Gasteiger partial charge in [0.25, 0.3) is 0 Å². The van der Waals surface area contributed by atoms with Crippen LogP contribution in [0.1, 0.15) is 57.2 Å². The molecule has 1 amide bonds. The van der Waals surface area contributed by atoms with Crippen LogP contribution in [0.5, 0.6) is 0 Å². The van der Waals surface area contributed by atoms with Crippen molar-refractivity contribution < 1.29 is 4.79 Å². The zero-order chi connectivity index (χ0) is 14.7. The number of fused-ring (bicyclic) bond motifs is 1. The van der Waals surface area contributed by atoms with Gasteiger partial charge in [0.05, 0.1) is 0 Å². The van der Waals surface area contributed by atoms with Crippen LogP contribution >= 0.6 is 0 Å². The highest BCUT2D eigenvalue weighted by Crippen LogP contribution is 2.31. The average Bonchev–Trinajstić information content (AvgIpc) is 2.65. The molecule has 0 fully saturated rings. The van der Waals surface area contributed by atoms with E-state index < -0.39 is 0 Å². The van der Waals surface area contributed by atoms with Gasteiger partial charge in [-0.3, -0.25) is 10.1 Å². The maximum atomic E-state index is 12.1. The Bertz CT molecular complexity index is 482. The first-order valence-corrected chi connectivity index (χ1v) is 7.65. The summed E-state index contributed by atoms with van der Waals surface area (Å²) >= 11 is 0. The molecule has 1 heterocycles. The van der Waals surface area contributed by atoms with Crippen LogP contribution in [0.3, 0.4) is 0 Å². The molecular weight excluding hydrogens is 248 g/mol. The molecular formula is C17H26N2O. The molecule has 0 bridgehead atoms. The molecule has 0 saturated heterocycles. The van der Waals surface area contributed by atoms with Crippen molar-refractivity contribution in [2.45, 2.75) is 59.0 Å². The number of rotatable bonds is 6. The van der Waals surface area contributed by atoms with Crippen LogP contribution in [0.25, 0.3) is 0 Å². The Kier molecular flexibility index (Phi) is 4.81. The Labute approximate surface area is 122 Å². The summed E-state index contributed by atoms with van der Waals surface area (Å²) in [5.74, 6) is 0.821. The van der Waals surface area contributed by atoms with Crippen molar-refractivity contribution in [2.75, 3.05) is 5.32 Å². The van der Waals surface area contributed by atoms with Crippen LogP contribution in [-0.2, 0) is 4.79 Å². The Morgan fingerprint density at radius 1 is 1.25 bits per heavy atom. The Morgan fingerprint density at radius 3 is 2.70 bits per heavy atom. The van der Waals surface area contributed by atoms with Gasteiger partial charge in [0, 0.05) is 17.3 Å². The highest BCUT2D eigenvalue weighted by Gasteiger charge is 2.31. The Hall–Kier alpha value is -1.35. The van der Waals surface area contributed by atoms with Gasteiger partial charge in [-0.1, -0.05) is 44.4 Å². The maximum absolute atomic E-state index is 12.1. The van der Waals surface area contributed by atoms with E-state index >= 15 is 0 Å². The van der Waals surface area contributed by atoms with Crippen LogP contribution in [0, 0.1) is 12.8 Å². The van der Waals surface area contributed by atoms with E-state index in [4.69, 9.17) is 0 Å². The molecule has 3 heteroatoms. The predicted molar refractivity (Wildman–Crippen MR) is 83.8 cm³/mol. The van der Waals surface area contributed by atoms with Gasteiger partial charge < -0.3 is 5.32 Å². The number of carbonyl (C=O) groups excluding carboxylic acids is 1. The lowest BCUT2D eigenvalue weighted by Crippen LogP contribution is -2.34. The summed E-state index contributed by atoms with van der Waals surface area (Å²) in [6.45, 7) is 8.73. The molecule has 1 aliphatic heterocycles. The largest absolute Gasteiger partial charge is 0.324 e. The number of amides is 1. The summed E-state index contributed by atoms with van der Waals surface area (Å²) in [7, 11) is 0. The first-order chi connectivity index (χ1) is 9.47. The number of benzene rings is 1. The molecule has 2 unspecified atom stereocenters. The summed E-state index contributed by atoms with van der Waals surface area (Å²) in [5.41, 5.74) is 3.23. The molecule has 1 aromatic carbocycles. The van der Waals surface area contributed by atoms with Gasteiger partial charge in [-0.25, -0.2) is 0 Å². The van der Waals surface area contributed by atoms with E-state index in [1.165, 1.54) is 18.4 Å². The van der Waals surface area contributed by atoms with Crippen LogP contribution < -0.4 is 10.6 Å². The van der Waals surface area contributed by atoms with Crippen LogP contribution in [0.15, 0.2) is 18.2 Å². The standard InChI is InChI=1S/C17H26N2O/c1-11(2)6-5-7-13(4)18-16-14-10-12(3)8-9-15(14)19-17(16)20/h8-11,13,16,18H,5-7H2,1-4H3,(H,19,20). The third-order valence-corrected chi connectivity index (χ3v) is 3.91. The topological polar surface area (TPSA) is 41.1 Å². The van der Waals surface area contributed by atoms with Gasteiger partial charge in [0.15, 0.2) is 0 Å². The Balaban J connectivity index is 1.96. The third kappa shape index (κ3) is 3.60. The van der Waals surface area contributed by atoms with Crippen molar-refractivity contribution in [1.29, 1.82) is 0 Å². The number of hydrogen-bond donors (Lipinski definition) is 2. The van der Waals surface area contributed by atoms with Gasteiger partial charge >= 0.3 is 0 Å². The molecule has 3 nitrogen and oxygen atoms in total. The van der Waals surface area contributed by atoms with E-state index in [9.17, 15) is 4.79 Å². The SMILES string of the molecule is Cc1ccc2c(c1)C(NC(C)CCCC(C)C)C(=O)N2. The lowest BCUT2D eigenvalue weighted by Gasteiger charge is -2.19. The van der Waals surface area contributed by atoms with Gasteiger partial charge in [-0.15, -0.1) is 0 Å². The van der Waals surface area contributed by atoms with E-state index in [-0.39, 0.29) is 11.9 Å². The van der Waals surface area contributed by atoms with Gasteiger partial charge in [-0.2, -0.15) is 0 Å². The minimum atomic E-state index is -0.195. The smallest absolute Gasteiger partial charge is 0.246 e. The van der Waals surface area contributed by atoms with Crippen LogP contribution in [0.2, 0.25) is 0 Å². The van der Waals surface area contributed by atoms with E-state index in [0.29, 0.717) is 6.04 Å². The second-order valence-corrected chi connectivity index (χ2v) is 6.41. The molecule has 0 saturated carbocycles. The van der Waals surface area contributed by atoms with Crippen molar-refractivity contribution in [2.24, 2.45) is 5.92 Å². The molecule has 0 spiro atoms. The minimum Gasteiger partial charge on any atom is -0.324 e. The lowest BCUT2D eigenvalue weighted by atomic mass is 10.0. The van der Waals surface area contributed by atoms with Crippen molar-refractivity contribution in [1.82, 2.24) is 5.32 Å². The molecule has 2 N–H and O–H groups in total. The summed E-state index contributed by atoms with van der Waals surface area (Å²) in [6.07, 6.45) is 3.57. The first kappa shape index (κ1) is 15.0.